The fourth-order valence-corrected chi connectivity index (χ4v) is 2.52. The second kappa shape index (κ2) is 6.95. The Labute approximate surface area is 130 Å². The van der Waals surface area contributed by atoms with Gasteiger partial charge in [0.2, 0.25) is 5.91 Å². The highest BCUT2D eigenvalue weighted by Gasteiger charge is 2.37. The fourth-order valence-electron chi connectivity index (χ4n) is 2.52. The summed E-state index contributed by atoms with van der Waals surface area (Å²) in [5.41, 5.74) is 0.526. The van der Waals surface area contributed by atoms with Gasteiger partial charge in [-0.25, -0.2) is 0 Å². The average molecular weight is 331 g/mol. The number of rotatable bonds is 5. The monoisotopic (exact) mass is 331 g/mol. The summed E-state index contributed by atoms with van der Waals surface area (Å²) in [6.45, 7) is -0.980. The highest BCUT2D eigenvalue weighted by molar-refractivity contribution is 5.82. The molecule has 0 radical (unpaired) electrons. The number of benzene rings is 1. The first-order chi connectivity index (χ1) is 10.8. The Hall–Kier alpha value is -2.16. The zero-order valence-corrected chi connectivity index (χ0v) is 12.2. The topological polar surface area (TPSA) is 75.5 Å². The smallest absolute Gasteiger partial charge is 0.332 e. The second-order valence-electron chi connectivity index (χ2n) is 5.38. The predicted molar refractivity (Wildman–Crippen MR) is 75.6 cm³/mol. The molecule has 9 heteroatoms. The lowest BCUT2D eigenvalue weighted by Crippen LogP contribution is -2.52. The van der Waals surface area contributed by atoms with Crippen LogP contribution in [0.2, 0.25) is 0 Å². The van der Waals surface area contributed by atoms with Gasteiger partial charge >= 0.3 is 6.18 Å². The molecule has 1 aliphatic heterocycles. The maximum Gasteiger partial charge on any atom is 0.406 e. The van der Waals surface area contributed by atoms with E-state index in [0.29, 0.717) is 18.4 Å². The minimum Gasteiger partial charge on any atom is -0.332 e. The van der Waals surface area contributed by atoms with Gasteiger partial charge in [-0.15, -0.1) is 0 Å². The molecule has 0 spiro atoms. The van der Waals surface area contributed by atoms with Crippen LogP contribution >= 0.6 is 0 Å². The number of nitrogens with one attached hydrogen (secondary N) is 1. The van der Waals surface area contributed by atoms with E-state index < -0.39 is 29.6 Å². The quantitative estimate of drug-likeness (QED) is 0.663. The molecule has 23 heavy (non-hydrogen) atoms. The number of non-ortho nitro benzene ring substituents is 1. The standard InChI is InChI=1S/C14H16F3N3O3/c15-14(16,17)9-19-6-2-5-12(13(19)21)18-8-10-3-1-4-11(7-10)20(22)23/h1,3-4,7,12,18H,2,5-6,8-9H2. The van der Waals surface area contributed by atoms with Crippen molar-refractivity contribution in [1.82, 2.24) is 10.2 Å². The molecule has 0 saturated carbocycles. The molecule has 0 bridgehead atoms. The third-order valence-electron chi connectivity index (χ3n) is 3.57. The van der Waals surface area contributed by atoms with E-state index in [0.717, 1.165) is 4.90 Å². The number of piperidine rings is 1. The van der Waals surface area contributed by atoms with Gasteiger partial charge in [-0.05, 0) is 18.4 Å². The summed E-state index contributed by atoms with van der Waals surface area (Å²) in [5, 5.41) is 13.6. The highest BCUT2D eigenvalue weighted by atomic mass is 19.4. The largest absolute Gasteiger partial charge is 0.406 e. The van der Waals surface area contributed by atoms with Gasteiger partial charge in [0.1, 0.15) is 6.54 Å². The van der Waals surface area contributed by atoms with Gasteiger partial charge in [-0.1, -0.05) is 12.1 Å². The maximum absolute atomic E-state index is 12.4. The van der Waals surface area contributed by atoms with Gasteiger partial charge in [-0.2, -0.15) is 13.2 Å². The number of nitro groups is 1. The van der Waals surface area contributed by atoms with Crippen molar-refractivity contribution in [2.45, 2.75) is 31.6 Å². The third-order valence-corrected chi connectivity index (χ3v) is 3.57. The summed E-state index contributed by atoms with van der Waals surface area (Å²) in [5.74, 6) is -0.584. The summed E-state index contributed by atoms with van der Waals surface area (Å²) in [6.07, 6.45) is -3.49. The molecule has 0 aliphatic carbocycles. The van der Waals surface area contributed by atoms with E-state index in [-0.39, 0.29) is 18.8 Å². The van der Waals surface area contributed by atoms with Crippen LogP contribution in [-0.2, 0) is 11.3 Å². The van der Waals surface area contributed by atoms with E-state index in [4.69, 9.17) is 0 Å². The highest BCUT2D eigenvalue weighted by Crippen LogP contribution is 2.21. The number of nitrogens with zero attached hydrogens (tertiary/aromatic N) is 2. The number of alkyl halides is 3. The Morgan fingerprint density at radius 1 is 1.39 bits per heavy atom. The number of carbonyl (C=O) groups excluding carboxylic acids is 1. The van der Waals surface area contributed by atoms with Crippen molar-refractivity contribution < 1.29 is 22.9 Å². The molecule has 1 amide bonds. The van der Waals surface area contributed by atoms with E-state index in [1.807, 2.05) is 0 Å². The van der Waals surface area contributed by atoms with Crippen molar-refractivity contribution in [1.29, 1.82) is 0 Å². The van der Waals surface area contributed by atoms with E-state index in [9.17, 15) is 28.1 Å². The molecule has 1 aliphatic rings. The number of carbonyl (C=O) groups is 1. The van der Waals surface area contributed by atoms with Gasteiger partial charge in [-0.3, -0.25) is 14.9 Å². The van der Waals surface area contributed by atoms with Crippen molar-refractivity contribution in [3.05, 3.63) is 39.9 Å². The lowest BCUT2D eigenvalue weighted by molar-refractivity contribution is -0.384. The Kier molecular flexibility index (Phi) is 5.19. The molecule has 126 valence electrons. The molecule has 2 rings (SSSR count). The third kappa shape index (κ3) is 4.92. The molecular formula is C14H16F3N3O3. The van der Waals surface area contributed by atoms with Crippen LogP contribution in [0.1, 0.15) is 18.4 Å². The Morgan fingerprint density at radius 2 is 2.13 bits per heavy atom. The first-order valence-electron chi connectivity index (χ1n) is 7.08. The molecule has 1 heterocycles. The van der Waals surface area contributed by atoms with Crippen molar-refractivity contribution in [3.8, 4) is 0 Å². The fraction of sp³-hybridized carbons (Fsp3) is 0.500. The van der Waals surface area contributed by atoms with E-state index in [1.165, 1.54) is 18.2 Å². The summed E-state index contributed by atoms with van der Waals surface area (Å²) in [4.78, 5) is 23.0. The van der Waals surface area contributed by atoms with Gasteiger partial charge in [0, 0.05) is 25.2 Å². The molecule has 1 aromatic rings. The summed E-state index contributed by atoms with van der Waals surface area (Å²) < 4.78 is 37.3. The van der Waals surface area contributed by atoms with Gasteiger partial charge in [0.05, 0.1) is 11.0 Å². The Balaban J connectivity index is 1.96. The first-order valence-corrected chi connectivity index (χ1v) is 7.08. The van der Waals surface area contributed by atoms with Crippen molar-refractivity contribution in [3.63, 3.8) is 0 Å². The maximum atomic E-state index is 12.4. The van der Waals surface area contributed by atoms with E-state index in [1.54, 1.807) is 6.07 Å². The molecule has 1 atom stereocenters. The van der Waals surface area contributed by atoms with Crippen molar-refractivity contribution >= 4 is 11.6 Å². The number of likely N-dealkylation sites (tertiary alicyclic amines) is 1. The summed E-state index contributed by atoms with van der Waals surface area (Å²) >= 11 is 0. The van der Waals surface area contributed by atoms with Crippen LogP contribution in [0.25, 0.3) is 0 Å². The van der Waals surface area contributed by atoms with Gasteiger partial charge < -0.3 is 10.2 Å². The lowest BCUT2D eigenvalue weighted by atomic mass is 10.0. The van der Waals surface area contributed by atoms with Gasteiger partial charge in [0.15, 0.2) is 0 Å². The molecule has 1 aromatic carbocycles. The normalized spacial score (nSPS) is 19.0. The van der Waals surface area contributed by atoms with E-state index in [2.05, 4.69) is 5.32 Å². The minimum atomic E-state index is -4.42. The second-order valence-corrected chi connectivity index (χ2v) is 5.38. The number of hydrogen-bond acceptors (Lipinski definition) is 4. The molecule has 0 aromatic heterocycles. The van der Waals surface area contributed by atoms with Crippen LogP contribution in [0.4, 0.5) is 18.9 Å². The Morgan fingerprint density at radius 3 is 2.78 bits per heavy atom. The molecule has 1 fully saturated rings. The molecular weight excluding hydrogens is 315 g/mol. The minimum absolute atomic E-state index is 0.0713. The van der Waals surface area contributed by atoms with Crippen LogP contribution in [0.15, 0.2) is 24.3 Å². The number of hydrogen-bond donors (Lipinski definition) is 1. The molecule has 1 saturated heterocycles. The number of nitro benzene ring substituents is 1. The van der Waals surface area contributed by atoms with Gasteiger partial charge in [0.25, 0.3) is 5.69 Å². The van der Waals surface area contributed by atoms with Crippen LogP contribution in [0.3, 0.4) is 0 Å². The zero-order chi connectivity index (χ0) is 17.0. The first kappa shape index (κ1) is 17.2. The van der Waals surface area contributed by atoms with E-state index >= 15 is 0 Å². The molecule has 1 unspecified atom stereocenters. The lowest BCUT2D eigenvalue weighted by Gasteiger charge is -2.33. The molecule has 6 nitrogen and oxygen atoms in total. The van der Waals surface area contributed by atoms with Crippen LogP contribution < -0.4 is 5.32 Å². The van der Waals surface area contributed by atoms with Crippen molar-refractivity contribution in [2.24, 2.45) is 0 Å². The number of amides is 1. The predicted octanol–water partition coefficient (Wildman–Crippen LogP) is 2.24. The molecule has 1 N–H and O–H groups in total. The average Bonchev–Trinajstić information content (AvgIpc) is 2.47. The number of halogens is 3. The van der Waals surface area contributed by atoms with Crippen LogP contribution in [-0.4, -0.2) is 41.0 Å². The zero-order valence-electron chi connectivity index (χ0n) is 12.2. The Bertz CT molecular complexity index is 592. The summed E-state index contributed by atoms with van der Waals surface area (Å²) in [6, 6.07) is 5.19. The van der Waals surface area contributed by atoms with Crippen molar-refractivity contribution in [2.75, 3.05) is 13.1 Å². The van der Waals surface area contributed by atoms with Crippen LogP contribution in [0.5, 0.6) is 0 Å². The summed E-state index contributed by atoms with van der Waals surface area (Å²) in [7, 11) is 0. The van der Waals surface area contributed by atoms with Crippen LogP contribution in [0, 0.1) is 10.1 Å². The SMILES string of the molecule is O=C1C(NCc2cccc([N+](=O)[O-])c2)CCCN1CC(F)(F)F.